The number of nitrogens with zero attached hydrogens (tertiary/aromatic N) is 3. The molecule has 0 aliphatic heterocycles. The van der Waals surface area contributed by atoms with Crippen molar-refractivity contribution in [3.05, 3.63) is 77.6 Å². The summed E-state index contributed by atoms with van der Waals surface area (Å²) in [5.41, 5.74) is 2.67. The molecule has 2 heterocycles. The van der Waals surface area contributed by atoms with E-state index in [2.05, 4.69) is 14.8 Å². The number of halogens is 1. The molecule has 0 saturated heterocycles. The smallest absolute Gasteiger partial charge is 0.261 e. The van der Waals surface area contributed by atoms with Gasteiger partial charge in [-0.15, -0.1) is 0 Å². The van der Waals surface area contributed by atoms with Crippen molar-refractivity contribution in [2.24, 2.45) is 0 Å². The second kappa shape index (κ2) is 6.68. The monoisotopic (exact) mass is 398 g/mol. The molecule has 2 aromatic heterocycles. The number of hydrogen-bond donors (Lipinski definition) is 1. The Kier molecular flexibility index (Phi) is 4.33. The molecule has 0 aliphatic carbocycles. The lowest BCUT2D eigenvalue weighted by atomic mass is 10.2. The number of aromatic nitrogens is 3. The van der Waals surface area contributed by atoms with Crippen LogP contribution in [0.4, 0.5) is 5.69 Å². The van der Waals surface area contributed by atoms with E-state index in [1.165, 1.54) is 30.5 Å². The summed E-state index contributed by atoms with van der Waals surface area (Å²) in [6.45, 7) is 1.86. The van der Waals surface area contributed by atoms with Gasteiger partial charge in [0.05, 0.1) is 28.2 Å². The second-order valence-corrected chi connectivity index (χ2v) is 8.11. The highest BCUT2D eigenvalue weighted by atomic mass is 35.5. The minimum atomic E-state index is -3.73. The van der Waals surface area contributed by atoms with Crippen LogP contribution in [-0.2, 0) is 10.0 Å². The lowest BCUT2D eigenvalue weighted by molar-refractivity contribution is 0.601. The Labute approximate surface area is 161 Å². The van der Waals surface area contributed by atoms with E-state index >= 15 is 0 Å². The molecule has 0 bridgehead atoms. The molecular weight excluding hydrogens is 384 g/mol. The largest absolute Gasteiger partial charge is 0.278 e. The van der Waals surface area contributed by atoms with Crippen LogP contribution in [0.5, 0.6) is 0 Å². The van der Waals surface area contributed by atoms with Crippen molar-refractivity contribution in [2.75, 3.05) is 4.72 Å². The van der Waals surface area contributed by atoms with Crippen molar-refractivity contribution in [1.82, 2.24) is 14.8 Å². The van der Waals surface area contributed by atoms with E-state index in [4.69, 9.17) is 11.6 Å². The third kappa shape index (κ3) is 3.39. The molecule has 4 aromatic rings. The first-order valence-corrected chi connectivity index (χ1v) is 9.99. The van der Waals surface area contributed by atoms with Gasteiger partial charge in [0, 0.05) is 10.4 Å². The Morgan fingerprint density at radius 3 is 2.44 bits per heavy atom. The van der Waals surface area contributed by atoms with Gasteiger partial charge in [-0.25, -0.2) is 18.1 Å². The molecule has 8 heteroatoms. The topological polar surface area (TPSA) is 76.9 Å². The maximum absolute atomic E-state index is 12.6. The summed E-state index contributed by atoms with van der Waals surface area (Å²) in [6.07, 6.45) is 1.48. The van der Waals surface area contributed by atoms with E-state index in [1.807, 2.05) is 37.3 Å². The molecule has 0 aliphatic rings. The first-order valence-electron chi connectivity index (χ1n) is 8.13. The highest BCUT2D eigenvalue weighted by Crippen LogP contribution is 2.24. The van der Waals surface area contributed by atoms with Crippen molar-refractivity contribution >= 4 is 38.3 Å². The van der Waals surface area contributed by atoms with Gasteiger partial charge in [0.2, 0.25) is 0 Å². The lowest BCUT2D eigenvalue weighted by Gasteiger charge is -2.08. The number of pyridine rings is 1. The van der Waals surface area contributed by atoms with Crippen LogP contribution in [0.1, 0.15) is 5.69 Å². The van der Waals surface area contributed by atoms with E-state index in [-0.39, 0.29) is 4.90 Å². The van der Waals surface area contributed by atoms with Crippen molar-refractivity contribution in [1.29, 1.82) is 0 Å². The number of fused-ring (bicyclic) bond motifs is 1. The average molecular weight is 399 g/mol. The number of para-hydroxylation sites is 1. The van der Waals surface area contributed by atoms with E-state index < -0.39 is 10.0 Å². The zero-order chi connectivity index (χ0) is 19.0. The van der Waals surface area contributed by atoms with Crippen LogP contribution >= 0.6 is 11.6 Å². The average Bonchev–Trinajstić information content (AvgIpc) is 2.99. The van der Waals surface area contributed by atoms with Crippen LogP contribution in [0.3, 0.4) is 0 Å². The maximum Gasteiger partial charge on any atom is 0.261 e. The van der Waals surface area contributed by atoms with E-state index in [1.54, 1.807) is 10.7 Å². The van der Waals surface area contributed by atoms with Crippen LogP contribution < -0.4 is 4.72 Å². The highest BCUT2D eigenvalue weighted by molar-refractivity contribution is 7.92. The van der Waals surface area contributed by atoms with Gasteiger partial charge in [0.1, 0.15) is 0 Å². The van der Waals surface area contributed by atoms with Gasteiger partial charge in [-0.05, 0) is 49.4 Å². The quantitative estimate of drug-likeness (QED) is 0.559. The fourth-order valence-electron chi connectivity index (χ4n) is 2.78. The Morgan fingerprint density at radius 2 is 1.74 bits per heavy atom. The summed E-state index contributed by atoms with van der Waals surface area (Å²) >= 11 is 5.82. The van der Waals surface area contributed by atoms with Gasteiger partial charge in [0.25, 0.3) is 10.0 Å². The normalized spacial score (nSPS) is 11.6. The molecule has 6 nitrogen and oxygen atoms in total. The third-order valence-corrected chi connectivity index (χ3v) is 5.73. The summed E-state index contributed by atoms with van der Waals surface area (Å²) in [5, 5.41) is 5.77. The molecule has 0 atom stereocenters. The molecule has 0 spiro atoms. The first-order chi connectivity index (χ1) is 12.9. The fourth-order valence-corrected chi connectivity index (χ4v) is 3.94. The zero-order valence-electron chi connectivity index (χ0n) is 14.3. The molecule has 0 amide bonds. The molecule has 0 unspecified atom stereocenters. The Balaban J connectivity index is 1.72. The molecule has 1 N–H and O–H groups in total. The van der Waals surface area contributed by atoms with Gasteiger partial charge < -0.3 is 0 Å². The number of aryl methyl sites for hydroxylation is 1. The molecule has 2 aromatic carbocycles. The van der Waals surface area contributed by atoms with Crippen LogP contribution in [0.2, 0.25) is 5.02 Å². The molecule has 4 rings (SSSR count). The van der Waals surface area contributed by atoms with Gasteiger partial charge in [0.15, 0.2) is 5.65 Å². The van der Waals surface area contributed by atoms with Crippen LogP contribution in [0, 0.1) is 6.92 Å². The lowest BCUT2D eigenvalue weighted by Crippen LogP contribution is -2.13. The Hall–Kier alpha value is -2.90. The molecule has 0 radical (unpaired) electrons. The minimum absolute atomic E-state index is 0.128. The van der Waals surface area contributed by atoms with Gasteiger partial charge >= 0.3 is 0 Å². The van der Waals surface area contributed by atoms with E-state index in [0.717, 1.165) is 16.8 Å². The van der Waals surface area contributed by atoms with Gasteiger partial charge in [-0.2, -0.15) is 5.10 Å². The zero-order valence-corrected chi connectivity index (χ0v) is 15.9. The minimum Gasteiger partial charge on any atom is -0.278 e. The highest BCUT2D eigenvalue weighted by Gasteiger charge is 2.16. The predicted octanol–water partition coefficient (Wildman–Crippen LogP) is 4.18. The standard InChI is InChI=1S/C19H15ClN4O2S/c1-13-18-11-15(23-27(25,26)17-9-7-14(20)8-10-17)12-21-19(18)24(22-13)16-5-3-2-4-6-16/h2-12,23H,1H3. The van der Waals surface area contributed by atoms with Gasteiger partial charge in [-0.3, -0.25) is 4.72 Å². The van der Waals surface area contributed by atoms with E-state index in [0.29, 0.717) is 16.4 Å². The number of sulfonamides is 1. The number of rotatable bonds is 4. The molecule has 0 saturated carbocycles. The number of hydrogen-bond acceptors (Lipinski definition) is 4. The number of nitrogens with one attached hydrogen (secondary N) is 1. The van der Waals surface area contributed by atoms with Crippen molar-refractivity contribution in [3.8, 4) is 5.69 Å². The summed E-state index contributed by atoms with van der Waals surface area (Å²) in [5.74, 6) is 0. The maximum atomic E-state index is 12.6. The van der Waals surface area contributed by atoms with Crippen LogP contribution in [-0.4, -0.2) is 23.2 Å². The summed E-state index contributed by atoms with van der Waals surface area (Å²) in [7, 11) is -3.73. The second-order valence-electron chi connectivity index (χ2n) is 5.99. The summed E-state index contributed by atoms with van der Waals surface area (Å²) in [6, 6.07) is 17.4. The first kappa shape index (κ1) is 17.5. The van der Waals surface area contributed by atoms with Crippen LogP contribution in [0.15, 0.2) is 71.8 Å². The predicted molar refractivity (Wildman–Crippen MR) is 106 cm³/mol. The number of benzene rings is 2. The number of anilines is 1. The summed E-state index contributed by atoms with van der Waals surface area (Å²) in [4.78, 5) is 4.55. The molecule has 136 valence electrons. The Bertz CT molecular complexity index is 1220. The SMILES string of the molecule is Cc1nn(-c2ccccc2)c2ncc(NS(=O)(=O)c3ccc(Cl)cc3)cc12. The molecule has 27 heavy (non-hydrogen) atoms. The van der Waals surface area contributed by atoms with Gasteiger partial charge in [-0.1, -0.05) is 29.8 Å². The summed E-state index contributed by atoms with van der Waals surface area (Å²) < 4.78 is 29.4. The third-order valence-electron chi connectivity index (χ3n) is 4.08. The molecule has 0 fully saturated rings. The van der Waals surface area contributed by atoms with Crippen molar-refractivity contribution in [3.63, 3.8) is 0 Å². The van der Waals surface area contributed by atoms with Crippen LogP contribution in [0.25, 0.3) is 16.7 Å². The van der Waals surface area contributed by atoms with E-state index in [9.17, 15) is 8.42 Å². The fraction of sp³-hybridized carbons (Fsp3) is 0.0526. The van der Waals surface area contributed by atoms with Crippen molar-refractivity contribution < 1.29 is 8.42 Å². The Morgan fingerprint density at radius 1 is 1.04 bits per heavy atom. The van der Waals surface area contributed by atoms with Crippen molar-refractivity contribution in [2.45, 2.75) is 11.8 Å². The molecular formula is C19H15ClN4O2S.